The standard InChI is InChI=1S/C20H26N10/c1-28-13-17(12-25-28)26-18-23-14-24-20(27-18)30-8-6-29(7-9-30)19-21-10-16(11-22-19)5-4-15-2-3-15/h10-15H,2-9H2,1H3,(H,23,24,26,27). The van der Waals surface area contributed by atoms with Gasteiger partial charge in [0.25, 0.3) is 0 Å². The SMILES string of the molecule is Cn1cc(Nc2ncnc(N3CCN(c4ncc(CCC5CC5)cn4)CC3)n2)cn1. The number of nitrogens with one attached hydrogen (secondary N) is 1. The molecule has 30 heavy (non-hydrogen) atoms. The lowest BCUT2D eigenvalue weighted by atomic mass is 10.1. The van der Waals surface area contributed by atoms with Gasteiger partial charge in [-0.15, -0.1) is 0 Å². The molecule has 2 aliphatic rings. The second-order valence-corrected chi connectivity index (χ2v) is 7.98. The van der Waals surface area contributed by atoms with E-state index in [0.29, 0.717) is 11.9 Å². The Morgan fingerprint density at radius 3 is 2.33 bits per heavy atom. The summed E-state index contributed by atoms with van der Waals surface area (Å²) in [5.74, 6) is 2.93. The third-order valence-electron chi connectivity index (χ3n) is 5.60. The van der Waals surface area contributed by atoms with E-state index in [1.165, 1.54) is 31.2 Å². The monoisotopic (exact) mass is 406 g/mol. The van der Waals surface area contributed by atoms with E-state index >= 15 is 0 Å². The van der Waals surface area contributed by atoms with E-state index < -0.39 is 0 Å². The van der Waals surface area contributed by atoms with Crippen molar-refractivity contribution in [1.82, 2.24) is 34.7 Å². The summed E-state index contributed by atoms with van der Waals surface area (Å²) in [4.78, 5) is 26.7. The van der Waals surface area contributed by atoms with E-state index in [1.807, 2.05) is 25.6 Å². The lowest BCUT2D eigenvalue weighted by molar-refractivity contribution is 0.626. The zero-order chi connectivity index (χ0) is 20.3. The summed E-state index contributed by atoms with van der Waals surface area (Å²) >= 11 is 0. The van der Waals surface area contributed by atoms with Crippen molar-refractivity contribution in [3.8, 4) is 0 Å². The van der Waals surface area contributed by atoms with Crippen molar-refractivity contribution in [2.45, 2.75) is 25.7 Å². The van der Waals surface area contributed by atoms with Crippen LogP contribution in [0.15, 0.2) is 31.1 Å². The number of anilines is 4. The van der Waals surface area contributed by atoms with Crippen LogP contribution < -0.4 is 15.1 Å². The van der Waals surface area contributed by atoms with Gasteiger partial charge in [-0.3, -0.25) is 4.68 Å². The Balaban J connectivity index is 1.17. The van der Waals surface area contributed by atoms with Crippen molar-refractivity contribution in [3.63, 3.8) is 0 Å². The molecule has 0 unspecified atom stereocenters. The van der Waals surface area contributed by atoms with E-state index in [2.05, 4.69) is 45.1 Å². The Bertz CT molecular complexity index is 973. The van der Waals surface area contributed by atoms with Gasteiger partial charge in [-0.25, -0.2) is 19.9 Å². The first-order valence-electron chi connectivity index (χ1n) is 10.5. The minimum atomic E-state index is 0.514. The van der Waals surface area contributed by atoms with Crippen molar-refractivity contribution in [2.75, 3.05) is 41.3 Å². The maximum atomic E-state index is 4.60. The molecule has 1 aliphatic carbocycles. The van der Waals surface area contributed by atoms with Crippen LogP contribution in [-0.2, 0) is 13.5 Å². The summed E-state index contributed by atoms with van der Waals surface area (Å²) in [6, 6.07) is 0. The number of aromatic nitrogens is 7. The van der Waals surface area contributed by atoms with Gasteiger partial charge in [0.15, 0.2) is 0 Å². The molecule has 1 saturated heterocycles. The van der Waals surface area contributed by atoms with Gasteiger partial charge in [0.05, 0.1) is 11.9 Å². The van der Waals surface area contributed by atoms with Crippen LogP contribution >= 0.6 is 0 Å². The average molecular weight is 406 g/mol. The van der Waals surface area contributed by atoms with Crippen LogP contribution in [0.4, 0.5) is 23.5 Å². The van der Waals surface area contributed by atoms with Crippen molar-refractivity contribution >= 4 is 23.5 Å². The highest BCUT2D eigenvalue weighted by atomic mass is 15.4. The zero-order valence-electron chi connectivity index (χ0n) is 17.1. The van der Waals surface area contributed by atoms with Gasteiger partial charge in [-0.1, -0.05) is 12.8 Å². The normalized spacial score (nSPS) is 16.7. The largest absolute Gasteiger partial charge is 0.337 e. The highest BCUT2D eigenvalue weighted by Gasteiger charge is 2.22. The predicted molar refractivity (Wildman–Crippen MR) is 114 cm³/mol. The Hall–Kier alpha value is -3.30. The van der Waals surface area contributed by atoms with Crippen LogP contribution in [0, 0.1) is 5.92 Å². The first-order chi connectivity index (χ1) is 14.7. The number of aryl methyl sites for hydroxylation is 2. The molecule has 0 bridgehead atoms. The fraction of sp³-hybridized carbons (Fsp3) is 0.500. The number of hydrogen-bond acceptors (Lipinski definition) is 9. The second-order valence-electron chi connectivity index (χ2n) is 7.98. The number of hydrogen-bond donors (Lipinski definition) is 1. The summed E-state index contributed by atoms with van der Waals surface area (Å²) in [7, 11) is 1.87. The van der Waals surface area contributed by atoms with Gasteiger partial charge in [0, 0.05) is 51.8 Å². The molecule has 1 aliphatic heterocycles. The van der Waals surface area contributed by atoms with Crippen LogP contribution in [-0.4, -0.2) is 60.9 Å². The highest BCUT2D eigenvalue weighted by Crippen LogP contribution is 2.33. The summed E-state index contributed by atoms with van der Waals surface area (Å²) < 4.78 is 1.73. The first kappa shape index (κ1) is 18.7. The van der Waals surface area contributed by atoms with Crippen LogP contribution in [0.2, 0.25) is 0 Å². The van der Waals surface area contributed by atoms with E-state index in [1.54, 1.807) is 10.9 Å². The lowest BCUT2D eigenvalue weighted by Crippen LogP contribution is -2.47. The highest BCUT2D eigenvalue weighted by molar-refractivity contribution is 5.51. The molecular weight excluding hydrogens is 380 g/mol. The van der Waals surface area contributed by atoms with E-state index in [4.69, 9.17) is 0 Å². The quantitative estimate of drug-likeness (QED) is 0.629. The Labute approximate surface area is 175 Å². The lowest BCUT2D eigenvalue weighted by Gasteiger charge is -2.34. The van der Waals surface area contributed by atoms with E-state index in [-0.39, 0.29) is 0 Å². The second kappa shape index (κ2) is 8.21. The molecule has 3 aromatic rings. The molecule has 0 amide bonds. The van der Waals surface area contributed by atoms with Gasteiger partial charge in [0.1, 0.15) is 6.33 Å². The summed E-state index contributed by atoms with van der Waals surface area (Å²) in [5.41, 5.74) is 2.08. The van der Waals surface area contributed by atoms with Crippen molar-refractivity contribution in [1.29, 1.82) is 0 Å². The molecule has 10 heteroatoms. The Morgan fingerprint density at radius 1 is 0.933 bits per heavy atom. The first-order valence-corrected chi connectivity index (χ1v) is 10.5. The Morgan fingerprint density at radius 2 is 1.67 bits per heavy atom. The maximum Gasteiger partial charge on any atom is 0.232 e. The van der Waals surface area contributed by atoms with Gasteiger partial charge in [-0.05, 0) is 24.3 Å². The van der Waals surface area contributed by atoms with Crippen molar-refractivity contribution < 1.29 is 0 Å². The minimum Gasteiger partial charge on any atom is -0.337 e. The summed E-state index contributed by atoms with van der Waals surface area (Å²) in [5, 5.41) is 7.31. The third kappa shape index (κ3) is 4.47. The number of nitrogens with zero attached hydrogens (tertiary/aromatic N) is 9. The molecule has 1 saturated carbocycles. The molecule has 10 nitrogen and oxygen atoms in total. The van der Waals surface area contributed by atoms with Crippen LogP contribution in [0.5, 0.6) is 0 Å². The molecule has 0 radical (unpaired) electrons. The van der Waals surface area contributed by atoms with Crippen LogP contribution in [0.1, 0.15) is 24.8 Å². The van der Waals surface area contributed by atoms with Gasteiger partial charge in [0.2, 0.25) is 17.8 Å². The molecule has 5 rings (SSSR count). The third-order valence-corrected chi connectivity index (χ3v) is 5.60. The minimum absolute atomic E-state index is 0.514. The number of rotatable bonds is 7. The molecule has 4 heterocycles. The fourth-order valence-electron chi connectivity index (χ4n) is 3.64. The van der Waals surface area contributed by atoms with Crippen molar-refractivity contribution in [3.05, 3.63) is 36.7 Å². The predicted octanol–water partition coefficient (Wildman–Crippen LogP) is 1.81. The molecule has 2 fully saturated rings. The molecule has 0 atom stereocenters. The van der Waals surface area contributed by atoms with Crippen LogP contribution in [0.25, 0.3) is 0 Å². The van der Waals surface area contributed by atoms with E-state index in [9.17, 15) is 0 Å². The topological polar surface area (TPSA) is 101 Å². The van der Waals surface area contributed by atoms with Crippen LogP contribution in [0.3, 0.4) is 0 Å². The van der Waals surface area contributed by atoms with Gasteiger partial charge in [-0.2, -0.15) is 10.1 Å². The summed E-state index contributed by atoms with van der Waals surface area (Å²) in [6.45, 7) is 3.28. The smallest absolute Gasteiger partial charge is 0.232 e. The molecule has 156 valence electrons. The molecule has 1 N–H and O–H groups in total. The van der Waals surface area contributed by atoms with Gasteiger partial charge < -0.3 is 15.1 Å². The van der Waals surface area contributed by atoms with E-state index in [0.717, 1.165) is 50.2 Å². The number of piperazine rings is 1. The maximum absolute atomic E-state index is 4.60. The molecule has 0 aromatic carbocycles. The summed E-state index contributed by atoms with van der Waals surface area (Å²) in [6.07, 6.45) is 14.3. The van der Waals surface area contributed by atoms with Gasteiger partial charge >= 0.3 is 0 Å². The Kier molecular flexibility index (Phi) is 5.12. The fourth-order valence-corrected chi connectivity index (χ4v) is 3.64. The average Bonchev–Trinajstić information content (AvgIpc) is 3.53. The zero-order valence-corrected chi connectivity index (χ0v) is 17.1. The van der Waals surface area contributed by atoms with Crippen molar-refractivity contribution in [2.24, 2.45) is 13.0 Å². The molecule has 0 spiro atoms. The molecule has 3 aromatic heterocycles. The molecular formula is C20H26N10.